The Labute approximate surface area is 199 Å². The van der Waals surface area contributed by atoms with Crippen LogP contribution in [0.4, 0.5) is 23.2 Å². The fraction of sp³-hybridized carbons (Fsp3) is 0.346. The van der Waals surface area contributed by atoms with E-state index in [1.165, 1.54) is 30.5 Å². The summed E-state index contributed by atoms with van der Waals surface area (Å²) in [5, 5.41) is 13.7. The molecule has 0 bridgehead atoms. The van der Waals surface area contributed by atoms with Gasteiger partial charge in [0.1, 0.15) is 11.5 Å². The van der Waals surface area contributed by atoms with E-state index in [1.54, 1.807) is 12.1 Å². The van der Waals surface area contributed by atoms with Gasteiger partial charge in [0, 0.05) is 29.2 Å². The quantitative estimate of drug-likeness (QED) is 0.453. The summed E-state index contributed by atoms with van der Waals surface area (Å²) in [5.41, 5.74) is -1.09. The molecule has 3 aromatic rings. The third-order valence-electron chi connectivity index (χ3n) is 7.19. The molecule has 2 aliphatic carbocycles. The Bertz CT molecular complexity index is 1250. The zero-order chi connectivity index (χ0) is 24.8. The molecule has 0 spiro atoms. The van der Waals surface area contributed by atoms with E-state index in [1.807, 2.05) is 0 Å². The first-order chi connectivity index (χ1) is 16.6. The predicted molar refractivity (Wildman–Crippen MR) is 121 cm³/mol. The van der Waals surface area contributed by atoms with Crippen LogP contribution >= 0.6 is 0 Å². The molecule has 2 heterocycles. The largest absolute Gasteiger partial charge is 0.433 e. The molecular formula is C26H23F4N3O2. The van der Waals surface area contributed by atoms with Crippen molar-refractivity contribution in [1.29, 1.82) is 0 Å². The lowest BCUT2D eigenvalue weighted by Gasteiger charge is -2.40. The monoisotopic (exact) mass is 485 g/mol. The molecule has 5 nitrogen and oxygen atoms in total. The van der Waals surface area contributed by atoms with Gasteiger partial charge in [-0.05, 0) is 74.1 Å². The highest BCUT2D eigenvalue weighted by Crippen LogP contribution is 2.47. The van der Waals surface area contributed by atoms with E-state index >= 15 is 0 Å². The molecule has 2 fully saturated rings. The summed E-state index contributed by atoms with van der Waals surface area (Å²) in [5.74, 6) is -0.640. The predicted octanol–water partition coefficient (Wildman–Crippen LogP) is 5.73. The molecule has 0 aliphatic heterocycles. The second-order valence-corrected chi connectivity index (χ2v) is 9.33. The number of aliphatic hydroxyl groups is 1. The number of hydrogen-bond acceptors (Lipinski definition) is 4. The Kier molecular flexibility index (Phi) is 5.62. The molecule has 182 valence electrons. The molecule has 0 saturated heterocycles. The summed E-state index contributed by atoms with van der Waals surface area (Å²) >= 11 is 0. The SMILES string of the molecule is O=C(Nc1ccc(F)cc1)C1(c2ccc(-c3cnc(C(F)(F)F)cc3C3(O)CCC3)cn2)CCC1. The molecule has 2 N–H and O–H groups in total. The second-order valence-electron chi connectivity index (χ2n) is 9.33. The summed E-state index contributed by atoms with van der Waals surface area (Å²) < 4.78 is 53.0. The number of carbonyl (C=O) groups is 1. The van der Waals surface area contributed by atoms with Crippen LogP contribution in [0.5, 0.6) is 0 Å². The maximum Gasteiger partial charge on any atom is 0.433 e. The van der Waals surface area contributed by atoms with Crippen molar-refractivity contribution in [1.82, 2.24) is 9.97 Å². The number of alkyl halides is 3. The number of nitrogens with zero attached hydrogens (tertiary/aromatic N) is 2. The van der Waals surface area contributed by atoms with Gasteiger partial charge in [0.2, 0.25) is 5.91 Å². The minimum absolute atomic E-state index is 0.188. The van der Waals surface area contributed by atoms with Crippen molar-refractivity contribution in [3.8, 4) is 11.1 Å². The number of pyridine rings is 2. The standard InChI is InChI=1S/C26H23F4N3O2/c27-17-4-6-18(7-5-17)33-23(34)24(9-1-10-24)21-8-3-16(14-31-21)19-15-32-22(26(28,29)30)13-20(19)25(35)11-2-12-25/h3-8,13-15,35H,1-2,9-12H2,(H,33,34). The van der Waals surface area contributed by atoms with E-state index in [0.29, 0.717) is 48.2 Å². The number of rotatable bonds is 5. The first kappa shape index (κ1) is 23.4. The van der Waals surface area contributed by atoms with Crippen LogP contribution < -0.4 is 5.32 Å². The van der Waals surface area contributed by atoms with Crippen molar-refractivity contribution in [2.75, 3.05) is 5.32 Å². The van der Waals surface area contributed by atoms with Crippen molar-refractivity contribution in [3.05, 3.63) is 77.6 Å². The number of anilines is 1. The van der Waals surface area contributed by atoms with Crippen molar-refractivity contribution in [3.63, 3.8) is 0 Å². The van der Waals surface area contributed by atoms with Gasteiger partial charge >= 0.3 is 6.18 Å². The smallest absolute Gasteiger partial charge is 0.385 e. The van der Waals surface area contributed by atoms with Crippen molar-refractivity contribution in [2.24, 2.45) is 0 Å². The topological polar surface area (TPSA) is 75.1 Å². The average molecular weight is 485 g/mol. The number of benzene rings is 1. The van der Waals surface area contributed by atoms with Crippen LogP contribution in [0.25, 0.3) is 11.1 Å². The van der Waals surface area contributed by atoms with E-state index in [4.69, 9.17) is 0 Å². The molecule has 35 heavy (non-hydrogen) atoms. The molecule has 5 rings (SSSR count). The van der Waals surface area contributed by atoms with Gasteiger partial charge in [0.05, 0.1) is 16.7 Å². The van der Waals surface area contributed by atoms with E-state index in [2.05, 4.69) is 15.3 Å². The molecule has 2 aliphatic rings. The van der Waals surface area contributed by atoms with E-state index in [-0.39, 0.29) is 11.5 Å². The Morgan fingerprint density at radius 3 is 2.14 bits per heavy atom. The molecular weight excluding hydrogens is 462 g/mol. The first-order valence-electron chi connectivity index (χ1n) is 11.4. The van der Waals surface area contributed by atoms with Gasteiger partial charge in [-0.3, -0.25) is 14.8 Å². The van der Waals surface area contributed by atoms with Crippen LogP contribution in [0.15, 0.2) is 54.9 Å². The van der Waals surface area contributed by atoms with E-state index in [9.17, 15) is 27.5 Å². The van der Waals surface area contributed by atoms with Crippen LogP contribution in [0.1, 0.15) is 55.5 Å². The zero-order valence-electron chi connectivity index (χ0n) is 18.7. The van der Waals surface area contributed by atoms with E-state index < -0.39 is 28.7 Å². The molecule has 0 unspecified atom stereocenters. The van der Waals surface area contributed by atoms with Gasteiger partial charge < -0.3 is 10.4 Å². The Hall–Kier alpha value is -3.33. The number of hydrogen-bond donors (Lipinski definition) is 2. The maximum absolute atomic E-state index is 13.3. The van der Waals surface area contributed by atoms with Crippen LogP contribution in [0.3, 0.4) is 0 Å². The van der Waals surface area contributed by atoms with E-state index in [0.717, 1.165) is 25.1 Å². The number of aromatic nitrogens is 2. The minimum Gasteiger partial charge on any atom is -0.385 e. The van der Waals surface area contributed by atoms with Gasteiger partial charge in [-0.1, -0.05) is 12.5 Å². The Morgan fingerprint density at radius 1 is 0.943 bits per heavy atom. The van der Waals surface area contributed by atoms with Gasteiger partial charge in [-0.25, -0.2) is 4.39 Å². The van der Waals surface area contributed by atoms with Crippen molar-refractivity contribution >= 4 is 11.6 Å². The molecule has 9 heteroatoms. The highest BCUT2D eigenvalue weighted by Gasteiger charge is 2.47. The number of amides is 1. The van der Waals surface area contributed by atoms with Gasteiger partial charge in [0.15, 0.2) is 0 Å². The third-order valence-corrected chi connectivity index (χ3v) is 7.19. The first-order valence-corrected chi connectivity index (χ1v) is 11.4. The lowest BCUT2D eigenvalue weighted by Crippen LogP contribution is -2.46. The molecule has 1 amide bonds. The van der Waals surface area contributed by atoms with Crippen LogP contribution in [-0.4, -0.2) is 21.0 Å². The average Bonchev–Trinajstić information content (AvgIpc) is 2.78. The molecule has 1 aromatic carbocycles. The van der Waals surface area contributed by atoms with Crippen molar-refractivity contribution < 1.29 is 27.5 Å². The highest BCUT2D eigenvalue weighted by atomic mass is 19.4. The van der Waals surface area contributed by atoms with Crippen LogP contribution in [-0.2, 0) is 22.0 Å². The number of halogens is 4. The van der Waals surface area contributed by atoms with Gasteiger partial charge in [0.25, 0.3) is 0 Å². The summed E-state index contributed by atoms with van der Waals surface area (Å²) in [6.45, 7) is 0. The van der Waals surface area contributed by atoms with Crippen LogP contribution in [0.2, 0.25) is 0 Å². The summed E-state index contributed by atoms with van der Waals surface area (Å²) in [6.07, 6.45) is 1.53. The normalized spacial score (nSPS) is 18.3. The highest BCUT2D eigenvalue weighted by molar-refractivity contribution is 5.99. The van der Waals surface area contributed by atoms with Crippen molar-refractivity contribution in [2.45, 2.75) is 55.7 Å². The maximum atomic E-state index is 13.3. The number of nitrogens with one attached hydrogen (secondary N) is 1. The summed E-state index contributed by atoms with van der Waals surface area (Å²) in [4.78, 5) is 21.2. The molecule has 0 radical (unpaired) electrons. The fourth-order valence-electron chi connectivity index (χ4n) is 4.76. The lowest BCUT2D eigenvalue weighted by atomic mass is 9.65. The summed E-state index contributed by atoms with van der Waals surface area (Å²) in [6, 6.07) is 9.82. The summed E-state index contributed by atoms with van der Waals surface area (Å²) in [7, 11) is 0. The fourth-order valence-corrected chi connectivity index (χ4v) is 4.76. The Morgan fingerprint density at radius 2 is 1.63 bits per heavy atom. The third kappa shape index (κ3) is 4.18. The second kappa shape index (κ2) is 8.41. The van der Waals surface area contributed by atoms with Crippen LogP contribution in [0, 0.1) is 5.82 Å². The molecule has 0 atom stereocenters. The lowest BCUT2D eigenvalue weighted by molar-refractivity contribution is -0.141. The zero-order valence-corrected chi connectivity index (χ0v) is 18.7. The minimum atomic E-state index is -4.62. The van der Waals surface area contributed by atoms with Gasteiger partial charge in [-0.2, -0.15) is 13.2 Å². The van der Waals surface area contributed by atoms with Gasteiger partial charge in [-0.15, -0.1) is 0 Å². The number of carbonyl (C=O) groups excluding carboxylic acids is 1. The molecule has 2 aromatic heterocycles. The molecule has 2 saturated carbocycles. The Balaban J connectivity index is 1.45.